The predicted molar refractivity (Wildman–Crippen MR) is 112 cm³/mol. The number of amidine groups is 1. The van der Waals surface area contributed by atoms with Gasteiger partial charge in [0.2, 0.25) is 5.95 Å². The molecule has 30 heavy (non-hydrogen) atoms. The fraction of sp³-hybridized carbons (Fsp3) is 0.200. The first-order chi connectivity index (χ1) is 14.5. The Bertz CT molecular complexity index is 1290. The molecule has 0 saturated heterocycles. The maximum atomic E-state index is 13.3. The predicted octanol–water partition coefficient (Wildman–Crippen LogP) is 2.39. The summed E-state index contributed by atoms with van der Waals surface area (Å²) in [6, 6.07) is 6.33. The van der Waals surface area contributed by atoms with Crippen molar-refractivity contribution in [3.63, 3.8) is 0 Å². The van der Waals surface area contributed by atoms with Gasteiger partial charge >= 0.3 is 5.95 Å². The quantitative estimate of drug-likeness (QED) is 0.632. The molecule has 0 amide bonds. The van der Waals surface area contributed by atoms with Crippen LogP contribution < -0.4 is 15.9 Å². The summed E-state index contributed by atoms with van der Waals surface area (Å²) >= 11 is 0. The number of fused-ring (bicyclic) bond motifs is 2. The Morgan fingerprint density at radius 1 is 1.23 bits per heavy atom. The number of hydrogen-bond donors (Lipinski definition) is 2. The van der Waals surface area contributed by atoms with Crippen molar-refractivity contribution in [1.82, 2.24) is 29.1 Å². The zero-order chi connectivity index (χ0) is 20.9. The summed E-state index contributed by atoms with van der Waals surface area (Å²) in [5, 5.41) is 1.99. The van der Waals surface area contributed by atoms with Gasteiger partial charge in [-0.2, -0.15) is 15.0 Å². The third-order valence-electron chi connectivity index (χ3n) is 5.30. The van der Waals surface area contributed by atoms with Gasteiger partial charge in [-0.25, -0.2) is 9.40 Å². The second-order valence-corrected chi connectivity index (χ2v) is 7.20. The number of aromatic nitrogens is 4. The molecule has 2 aromatic heterocycles. The number of nitrogens with zero attached hydrogens (tertiary/aromatic N) is 6. The SMILES string of the molecule is CCCn1c(N)nc2nc([N+]34C=CN=C3C=CN4Cc3ccc(F)cc3)[nH]c2c1=O. The summed E-state index contributed by atoms with van der Waals surface area (Å²) in [6.07, 6.45) is 8.10. The number of H-pyrrole nitrogens is 1. The zero-order valence-electron chi connectivity index (χ0n) is 16.3. The fourth-order valence-electron chi connectivity index (χ4n) is 3.84. The van der Waals surface area contributed by atoms with Crippen molar-refractivity contribution < 1.29 is 4.39 Å². The van der Waals surface area contributed by atoms with Crippen LogP contribution in [0.2, 0.25) is 0 Å². The summed E-state index contributed by atoms with van der Waals surface area (Å²) in [5.41, 5.74) is 7.21. The Labute approximate surface area is 170 Å². The minimum absolute atomic E-state index is 0.0564. The molecular formula is C20H20FN8O+. The normalized spacial score (nSPS) is 19.7. The van der Waals surface area contributed by atoms with E-state index in [0.717, 1.165) is 17.8 Å². The van der Waals surface area contributed by atoms with E-state index in [9.17, 15) is 9.18 Å². The van der Waals surface area contributed by atoms with Gasteiger partial charge in [0, 0.05) is 12.6 Å². The van der Waals surface area contributed by atoms with E-state index in [1.165, 1.54) is 16.7 Å². The zero-order valence-corrected chi connectivity index (χ0v) is 16.3. The molecule has 2 aliphatic rings. The van der Waals surface area contributed by atoms with Gasteiger partial charge in [-0.15, -0.1) is 0 Å². The van der Waals surface area contributed by atoms with Gasteiger partial charge in [0.05, 0.1) is 18.9 Å². The van der Waals surface area contributed by atoms with E-state index in [0.29, 0.717) is 24.6 Å². The number of nitrogens with two attached hydrogens (primary N) is 1. The van der Waals surface area contributed by atoms with Crippen LogP contribution in [-0.2, 0) is 13.1 Å². The second kappa shape index (κ2) is 6.63. The molecule has 1 aromatic carbocycles. The highest BCUT2D eigenvalue weighted by molar-refractivity contribution is 6.05. The van der Waals surface area contributed by atoms with Crippen LogP contribution in [0.4, 0.5) is 16.3 Å². The maximum absolute atomic E-state index is 13.3. The molecule has 2 aliphatic heterocycles. The monoisotopic (exact) mass is 407 g/mol. The van der Waals surface area contributed by atoms with Crippen molar-refractivity contribution in [3.05, 3.63) is 70.7 Å². The number of anilines is 1. The van der Waals surface area contributed by atoms with Gasteiger partial charge in [-0.05, 0) is 24.1 Å². The first-order valence-corrected chi connectivity index (χ1v) is 9.64. The fourth-order valence-corrected chi connectivity index (χ4v) is 3.84. The number of imidazole rings is 1. The molecule has 0 spiro atoms. The molecular weight excluding hydrogens is 387 g/mol. The molecule has 152 valence electrons. The van der Waals surface area contributed by atoms with E-state index >= 15 is 0 Å². The molecule has 1 unspecified atom stereocenters. The van der Waals surface area contributed by atoms with Crippen LogP contribution in [0.25, 0.3) is 11.2 Å². The van der Waals surface area contributed by atoms with E-state index < -0.39 is 0 Å². The van der Waals surface area contributed by atoms with Crippen LogP contribution in [-0.4, -0.2) is 30.4 Å². The number of aromatic amines is 1. The smallest absolute Gasteiger partial charge is 0.346 e. The highest BCUT2D eigenvalue weighted by Crippen LogP contribution is 2.35. The molecule has 5 rings (SSSR count). The molecule has 0 bridgehead atoms. The van der Waals surface area contributed by atoms with Crippen molar-refractivity contribution >= 4 is 28.9 Å². The maximum Gasteiger partial charge on any atom is 0.346 e. The first kappa shape index (κ1) is 18.3. The van der Waals surface area contributed by atoms with Crippen LogP contribution in [0.5, 0.6) is 0 Å². The number of quaternary nitrogens is 1. The number of aliphatic imine (C=N–C) groups is 1. The lowest BCUT2D eigenvalue weighted by atomic mass is 10.2. The van der Waals surface area contributed by atoms with Crippen LogP contribution in [0.1, 0.15) is 18.9 Å². The number of nitrogens with one attached hydrogen (secondary N) is 1. The molecule has 1 atom stereocenters. The van der Waals surface area contributed by atoms with E-state index in [1.54, 1.807) is 18.3 Å². The van der Waals surface area contributed by atoms with E-state index in [-0.39, 0.29) is 27.6 Å². The van der Waals surface area contributed by atoms with E-state index in [1.807, 2.05) is 30.4 Å². The highest BCUT2D eigenvalue weighted by Gasteiger charge is 2.49. The third-order valence-corrected chi connectivity index (χ3v) is 5.30. The summed E-state index contributed by atoms with van der Waals surface area (Å²) in [7, 11) is 0. The minimum atomic E-state index is -0.285. The molecule has 3 aromatic rings. The largest absolute Gasteiger partial charge is 0.369 e. The summed E-state index contributed by atoms with van der Waals surface area (Å²) in [5.74, 6) is 1.05. The van der Waals surface area contributed by atoms with Crippen molar-refractivity contribution in [2.24, 2.45) is 4.99 Å². The number of benzene rings is 1. The molecule has 0 radical (unpaired) electrons. The topological polar surface area (TPSA) is 105 Å². The van der Waals surface area contributed by atoms with Crippen molar-refractivity contribution in [3.8, 4) is 0 Å². The number of halogens is 1. The van der Waals surface area contributed by atoms with E-state index in [2.05, 4.69) is 19.9 Å². The standard InChI is InChI=1S/C20H19FN8O/c1-2-9-28-18(30)16-17(25-19(28)22)26-20(24-16)29-11-8-23-15(29)7-10-27(29)12-13-3-5-14(21)6-4-13/h3-8,10-11H,2,9,12H2,1H3,(H2-,22,24,25,26,30)/p+1. The van der Waals surface area contributed by atoms with Crippen molar-refractivity contribution in [2.45, 2.75) is 26.4 Å². The van der Waals surface area contributed by atoms with Gasteiger partial charge in [0.25, 0.3) is 11.4 Å². The molecule has 0 saturated carbocycles. The number of hydrogen-bond acceptors (Lipinski definition) is 6. The van der Waals surface area contributed by atoms with Crippen molar-refractivity contribution in [1.29, 1.82) is 0 Å². The molecule has 0 fully saturated rings. The van der Waals surface area contributed by atoms with Crippen LogP contribution in [0.15, 0.2) is 58.7 Å². The lowest BCUT2D eigenvalue weighted by Crippen LogP contribution is -2.54. The van der Waals surface area contributed by atoms with Gasteiger partial charge in [-0.3, -0.25) is 14.3 Å². The van der Waals surface area contributed by atoms with Crippen LogP contribution in [0.3, 0.4) is 0 Å². The number of nitrogen functional groups attached to an aromatic ring is 1. The average Bonchev–Trinajstić information content (AvgIpc) is 3.41. The Morgan fingerprint density at radius 3 is 2.80 bits per heavy atom. The van der Waals surface area contributed by atoms with Gasteiger partial charge < -0.3 is 5.73 Å². The van der Waals surface area contributed by atoms with Crippen LogP contribution >= 0.6 is 0 Å². The Hall–Kier alpha value is -3.79. The lowest BCUT2D eigenvalue weighted by Gasteiger charge is -2.32. The lowest BCUT2D eigenvalue weighted by molar-refractivity contribution is 0.161. The van der Waals surface area contributed by atoms with Gasteiger partial charge in [0.1, 0.15) is 5.82 Å². The second-order valence-electron chi connectivity index (χ2n) is 7.20. The summed E-state index contributed by atoms with van der Waals surface area (Å²) < 4.78 is 14.8. The first-order valence-electron chi connectivity index (χ1n) is 9.64. The molecule has 4 heterocycles. The molecule has 9 nitrogen and oxygen atoms in total. The molecule has 3 N–H and O–H groups in total. The average molecular weight is 407 g/mol. The molecule has 10 heteroatoms. The summed E-state index contributed by atoms with van der Waals surface area (Å²) in [6.45, 7) is 2.92. The summed E-state index contributed by atoms with van der Waals surface area (Å²) in [4.78, 5) is 29.4. The Morgan fingerprint density at radius 2 is 2.03 bits per heavy atom. The minimum Gasteiger partial charge on any atom is -0.369 e. The Balaban J connectivity index is 1.61. The Kier molecular flexibility index (Phi) is 4.03. The highest BCUT2D eigenvalue weighted by atomic mass is 19.1. The van der Waals surface area contributed by atoms with Gasteiger partial charge in [-0.1, -0.05) is 23.6 Å². The van der Waals surface area contributed by atoms with Gasteiger partial charge in [0.15, 0.2) is 17.4 Å². The van der Waals surface area contributed by atoms with Crippen molar-refractivity contribution in [2.75, 3.05) is 5.73 Å². The third kappa shape index (κ3) is 2.57. The molecule has 0 aliphatic carbocycles. The van der Waals surface area contributed by atoms with Crippen LogP contribution in [0, 0.1) is 5.82 Å². The number of rotatable bonds is 5. The van der Waals surface area contributed by atoms with E-state index in [4.69, 9.17) is 5.73 Å².